The van der Waals surface area contributed by atoms with Gasteiger partial charge in [-0.05, 0) is 29.8 Å². The summed E-state index contributed by atoms with van der Waals surface area (Å²) in [5.41, 5.74) is 2.26. The van der Waals surface area contributed by atoms with Crippen LogP contribution in [0, 0.1) is 0 Å². The number of hydrogen-bond acceptors (Lipinski definition) is 4. The first-order chi connectivity index (χ1) is 10.2. The van der Waals surface area contributed by atoms with Crippen LogP contribution in [0.15, 0.2) is 52.9 Å². The van der Waals surface area contributed by atoms with Gasteiger partial charge in [0.05, 0.1) is 13.5 Å². The molecule has 0 bridgehead atoms. The molecule has 1 aromatic heterocycles. The number of nitrogens with zero attached hydrogens (tertiary/aromatic N) is 1. The van der Waals surface area contributed by atoms with Crippen molar-refractivity contribution >= 4 is 23.0 Å². The van der Waals surface area contributed by atoms with E-state index in [1.807, 2.05) is 48.5 Å². The quantitative estimate of drug-likeness (QED) is 0.799. The summed E-state index contributed by atoms with van der Waals surface area (Å²) in [7, 11) is 1.61. The monoisotopic (exact) mass is 282 g/mol. The third-order valence-electron chi connectivity index (χ3n) is 3.06. The minimum atomic E-state index is -0.174. The van der Waals surface area contributed by atoms with E-state index >= 15 is 0 Å². The highest BCUT2D eigenvalue weighted by Gasteiger charge is 2.09. The average molecular weight is 282 g/mol. The number of hydrogen-bond donors (Lipinski definition) is 1. The number of ether oxygens (including phenoxy) is 1. The first-order valence-electron chi connectivity index (χ1n) is 6.53. The molecule has 0 spiro atoms. The summed E-state index contributed by atoms with van der Waals surface area (Å²) in [6.07, 6.45) is 0.253. The van der Waals surface area contributed by atoms with E-state index in [4.69, 9.17) is 9.15 Å². The van der Waals surface area contributed by atoms with E-state index in [0.717, 1.165) is 16.8 Å². The number of rotatable bonds is 4. The molecule has 1 N–H and O–H groups in total. The second-order valence-corrected chi connectivity index (χ2v) is 4.56. The lowest BCUT2D eigenvalue weighted by atomic mass is 10.1. The fourth-order valence-electron chi connectivity index (χ4n) is 2.02. The second-order valence-electron chi connectivity index (χ2n) is 4.56. The molecule has 5 heteroatoms. The van der Waals surface area contributed by atoms with Crippen LogP contribution in [0.1, 0.15) is 5.56 Å². The average Bonchev–Trinajstić information content (AvgIpc) is 2.90. The number of carbonyl (C=O) groups excluding carboxylic acids is 1. The van der Waals surface area contributed by atoms with Gasteiger partial charge in [-0.25, -0.2) is 0 Å². The minimum absolute atomic E-state index is 0.174. The number of para-hydroxylation sites is 2. The Kier molecular flexibility index (Phi) is 3.55. The lowest BCUT2D eigenvalue weighted by Gasteiger charge is -2.03. The summed E-state index contributed by atoms with van der Waals surface area (Å²) in [6.45, 7) is 0. The summed E-state index contributed by atoms with van der Waals surface area (Å²) < 4.78 is 10.5. The summed E-state index contributed by atoms with van der Waals surface area (Å²) in [6, 6.07) is 14.9. The summed E-state index contributed by atoms with van der Waals surface area (Å²) in [5.74, 6) is 0.588. The zero-order valence-corrected chi connectivity index (χ0v) is 11.5. The molecule has 0 aliphatic heterocycles. The smallest absolute Gasteiger partial charge is 0.302 e. The van der Waals surface area contributed by atoms with Crippen molar-refractivity contribution in [1.82, 2.24) is 4.98 Å². The zero-order valence-electron chi connectivity index (χ0n) is 11.5. The van der Waals surface area contributed by atoms with Gasteiger partial charge < -0.3 is 9.15 Å². The first kappa shape index (κ1) is 13.2. The Balaban J connectivity index is 1.67. The van der Waals surface area contributed by atoms with E-state index in [0.29, 0.717) is 5.58 Å². The van der Waals surface area contributed by atoms with Gasteiger partial charge in [-0.2, -0.15) is 4.98 Å². The highest BCUT2D eigenvalue weighted by molar-refractivity contribution is 5.91. The van der Waals surface area contributed by atoms with Crippen molar-refractivity contribution in [2.75, 3.05) is 12.4 Å². The molecule has 0 fully saturated rings. The van der Waals surface area contributed by atoms with Crippen LogP contribution in [-0.2, 0) is 11.2 Å². The molecule has 0 aliphatic rings. The molecule has 1 heterocycles. The lowest BCUT2D eigenvalue weighted by Crippen LogP contribution is -2.14. The van der Waals surface area contributed by atoms with Crippen molar-refractivity contribution < 1.29 is 13.9 Å². The van der Waals surface area contributed by atoms with Gasteiger partial charge in [-0.15, -0.1) is 0 Å². The van der Waals surface area contributed by atoms with E-state index in [9.17, 15) is 4.79 Å². The van der Waals surface area contributed by atoms with Gasteiger partial charge in [0.25, 0.3) is 0 Å². The van der Waals surface area contributed by atoms with Crippen LogP contribution < -0.4 is 10.1 Å². The Bertz CT molecular complexity index is 730. The van der Waals surface area contributed by atoms with Crippen LogP contribution in [0.3, 0.4) is 0 Å². The second kappa shape index (κ2) is 5.66. The number of benzene rings is 2. The molecular formula is C16H14N2O3. The maximum Gasteiger partial charge on any atom is 0.302 e. The van der Waals surface area contributed by atoms with Crippen LogP contribution in [0.25, 0.3) is 11.1 Å². The van der Waals surface area contributed by atoms with Gasteiger partial charge in [0.1, 0.15) is 11.3 Å². The summed E-state index contributed by atoms with van der Waals surface area (Å²) in [5, 5.41) is 2.66. The van der Waals surface area contributed by atoms with Gasteiger partial charge in [0, 0.05) is 0 Å². The molecule has 106 valence electrons. The Hall–Kier alpha value is -2.82. The first-order valence-corrected chi connectivity index (χ1v) is 6.53. The maximum absolute atomic E-state index is 12.0. The third kappa shape index (κ3) is 3.02. The number of anilines is 1. The fourth-order valence-corrected chi connectivity index (χ4v) is 2.02. The molecule has 2 aromatic carbocycles. The van der Waals surface area contributed by atoms with E-state index in [1.54, 1.807) is 7.11 Å². The number of fused-ring (bicyclic) bond motifs is 1. The molecule has 0 aliphatic carbocycles. The standard InChI is InChI=1S/C16H14N2O3/c1-20-12-8-6-11(7-9-12)10-15(19)18-16-17-13-4-2-3-5-14(13)21-16/h2-9H,10H2,1H3,(H,17,18,19). The largest absolute Gasteiger partial charge is 0.497 e. The van der Waals surface area contributed by atoms with Gasteiger partial charge in [-0.1, -0.05) is 24.3 Å². The summed E-state index contributed by atoms with van der Waals surface area (Å²) >= 11 is 0. The number of amides is 1. The molecule has 3 rings (SSSR count). The van der Waals surface area contributed by atoms with Crippen LogP contribution in [0.4, 0.5) is 6.01 Å². The Labute approximate surface area is 121 Å². The third-order valence-corrected chi connectivity index (χ3v) is 3.06. The number of aromatic nitrogens is 1. The van der Waals surface area contributed by atoms with Crippen molar-refractivity contribution in [3.63, 3.8) is 0 Å². The van der Waals surface area contributed by atoms with Crippen molar-refractivity contribution in [3.8, 4) is 5.75 Å². The van der Waals surface area contributed by atoms with E-state index in [2.05, 4.69) is 10.3 Å². The zero-order chi connectivity index (χ0) is 14.7. The number of nitrogens with one attached hydrogen (secondary N) is 1. The van der Waals surface area contributed by atoms with E-state index in [-0.39, 0.29) is 18.3 Å². The van der Waals surface area contributed by atoms with E-state index < -0.39 is 0 Å². The molecule has 3 aromatic rings. The predicted molar refractivity (Wildman–Crippen MR) is 79.3 cm³/mol. The van der Waals surface area contributed by atoms with Gasteiger partial charge in [0.15, 0.2) is 5.58 Å². The van der Waals surface area contributed by atoms with Crippen molar-refractivity contribution in [2.24, 2.45) is 0 Å². The predicted octanol–water partition coefficient (Wildman–Crippen LogP) is 3.02. The molecule has 5 nitrogen and oxygen atoms in total. The molecule has 0 atom stereocenters. The topological polar surface area (TPSA) is 64.4 Å². The van der Waals surface area contributed by atoms with Crippen molar-refractivity contribution in [3.05, 3.63) is 54.1 Å². The summed E-state index contributed by atoms with van der Waals surface area (Å²) in [4.78, 5) is 16.2. The molecule has 0 saturated carbocycles. The maximum atomic E-state index is 12.0. The lowest BCUT2D eigenvalue weighted by molar-refractivity contribution is -0.115. The van der Waals surface area contributed by atoms with Crippen LogP contribution >= 0.6 is 0 Å². The van der Waals surface area contributed by atoms with Crippen LogP contribution in [0.5, 0.6) is 5.75 Å². The van der Waals surface area contributed by atoms with E-state index in [1.165, 1.54) is 0 Å². The fraction of sp³-hybridized carbons (Fsp3) is 0.125. The van der Waals surface area contributed by atoms with Crippen LogP contribution in [-0.4, -0.2) is 18.0 Å². The van der Waals surface area contributed by atoms with Gasteiger partial charge in [0.2, 0.25) is 5.91 Å². The highest BCUT2D eigenvalue weighted by Crippen LogP contribution is 2.18. The number of methoxy groups -OCH3 is 1. The highest BCUT2D eigenvalue weighted by atomic mass is 16.5. The molecule has 0 unspecified atom stereocenters. The van der Waals surface area contributed by atoms with Gasteiger partial charge in [-0.3, -0.25) is 10.1 Å². The number of oxazole rings is 1. The van der Waals surface area contributed by atoms with Crippen molar-refractivity contribution in [2.45, 2.75) is 6.42 Å². The molecular weight excluding hydrogens is 268 g/mol. The SMILES string of the molecule is COc1ccc(CC(=O)Nc2nc3ccccc3o2)cc1. The van der Waals surface area contributed by atoms with Crippen LogP contribution in [0.2, 0.25) is 0 Å². The Morgan fingerprint density at radius 2 is 1.95 bits per heavy atom. The molecule has 0 saturated heterocycles. The Morgan fingerprint density at radius 3 is 2.67 bits per heavy atom. The number of carbonyl (C=O) groups is 1. The minimum Gasteiger partial charge on any atom is -0.497 e. The molecule has 0 radical (unpaired) electrons. The molecule has 1 amide bonds. The van der Waals surface area contributed by atoms with Gasteiger partial charge >= 0.3 is 6.01 Å². The molecule has 21 heavy (non-hydrogen) atoms. The Morgan fingerprint density at radius 1 is 1.19 bits per heavy atom. The van der Waals surface area contributed by atoms with Crippen molar-refractivity contribution in [1.29, 1.82) is 0 Å². The normalized spacial score (nSPS) is 10.5.